The number of hydrogen-bond acceptors (Lipinski definition) is 6. The monoisotopic (exact) mass is 357 g/mol. The van der Waals surface area contributed by atoms with Crippen LogP contribution in [-0.4, -0.2) is 30.8 Å². The van der Waals surface area contributed by atoms with Crippen molar-refractivity contribution in [1.29, 1.82) is 0 Å². The molecular formula is C18H19N3O5. The minimum Gasteiger partial charge on any atom is -0.496 e. The van der Waals surface area contributed by atoms with E-state index >= 15 is 0 Å². The Morgan fingerprint density at radius 2 is 1.96 bits per heavy atom. The molecule has 0 atom stereocenters. The second-order valence-corrected chi connectivity index (χ2v) is 5.49. The van der Waals surface area contributed by atoms with Gasteiger partial charge in [0.1, 0.15) is 11.5 Å². The van der Waals surface area contributed by atoms with E-state index in [0.717, 1.165) is 11.1 Å². The van der Waals surface area contributed by atoms with Crippen molar-refractivity contribution in [2.75, 3.05) is 13.7 Å². The number of nitrogens with one attached hydrogen (secondary N) is 1. The van der Waals surface area contributed by atoms with Gasteiger partial charge < -0.3 is 9.47 Å². The topological polar surface area (TPSA) is 103 Å². The number of non-ortho nitro benzene ring substituents is 1. The van der Waals surface area contributed by atoms with Crippen molar-refractivity contribution in [3.05, 3.63) is 63.2 Å². The molecule has 26 heavy (non-hydrogen) atoms. The molecule has 8 nitrogen and oxygen atoms in total. The van der Waals surface area contributed by atoms with Gasteiger partial charge in [0.05, 0.1) is 18.2 Å². The Morgan fingerprint density at radius 3 is 2.58 bits per heavy atom. The number of aryl methyl sites for hydroxylation is 2. The third kappa shape index (κ3) is 4.79. The van der Waals surface area contributed by atoms with Crippen LogP contribution < -0.4 is 14.9 Å². The van der Waals surface area contributed by atoms with Gasteiger partial charge in [-0.25, -0.2) is 5.43 Å². The number of carbonyl (C=O) groups excluding carboxylic acids is 1. The van der Waals surface area contributed by atoms with Crippen molar-refractivity contribution >= 4 is 17.8 Å². The van der Waals surface area contributed by atoms with E-state index in [2.05, 4.69) is 10.5 Å². The highest BCUT2D eigenvalue weighted by Crippen LogP contribution is 2.23. The van der Waals surface area contributed by atoms with E-state index in [-0.39, 0.29) is 12.3 Å². The molecule has 0 radical (unpaired) electrons. The predicted octanol–water partition coefficient (Wildman–Crippen LogP) is 2.75. The van der Waals surface area contributed by atoms with E-state index in [4.69, 9.17) is 9.47 Å². The van der Waals surface area contributed by atoms with Gasteiger partial charge in [0.25, 0.3) is 11.6 Å². The lowest BCUT2D eigenvalue weighted by Crippen LogP contribution is -2.25. The van der Waals surface area contributed by atoms with Gasteiger partial charge in [-0.3, -0.25) is 14.9 Å². The molecule has 0 saturated heterocycles. The number of nitrogens with zero attached hydrogens (tertiary/aromatic N) is 2. The summed E-state index contributed by atoms with van der Waals surface area (Å²) in [5.41, 5.74) is 4.46. The van der Waals surface area contributed by atoms with Crippen LogP contribution >= 0.6 is 0 Å². The molecule has 2 rings (SSSR count). The van der Waals surface area contributed by atoms with Gasteiger partial charge >= 0.3 is 0 Å². The summed E-state index contributed by atoms with van der Waals surface area (Å²) in [4.78, 5) is 22.2. The van der Waals surface area contributed by atoms with Crippen LogP contribution in [0.5, 0.6) is 11.5 Å². The fourth-order valence-electron chi connectivity index (χ4n) is 2.31. The molecule has 0 aliphatic carbocycles. The van der Waals surface area contributed by atoms with Crippen LogP contribution in [0.4, 0.5) is 5.69 Å². The molecule has 0 heterocycles. The highest BCUT2D eigenvalue weighted by Gasteiger charge is 2.10. The molecule has 1 N–H and O–H groups in total. The molecule has 0 fully saturated rings. The maximum absolute atomic E-state index is 11.9. The van der Waals surface area contributed by atoms with E-state index in [1.807, 2.05) is 32.0 Å². The molecule has 2 aromatic carbocycles. The summed E-state index contributed by atoms with van der Waals surface area (Å²) in [6.07, 6.45) is 1.28. The number of nitro benzene ring substituents is 1. The number of rotatable bonds is 7. The van der Waals surface area contributed by atoms with Gasteiger partial charge in [-0.15, -0.1) is 0 Å². The second kappa shape index (κ2) is 8.61. The number of para-hydroxylation sites is 1. The SMILES string of the molecule is COc1ccc([N+](=O)[O-])cc1/C=N\NC(=O)COc1c(C)cccc1C. The van der Waals surface area contributed by atoms with Gasteiger partial charge in [-0.2, -0.15) is 5.10 Å². The number of methoxy groups -OCH3 is 1. The molecule has 0 unspecified atom stereocenters. The Bertz CT molecular complexity index is 828. The lowest BCUT2D eigenvalue weighted by molar-refractivity contribution is -0.384. The molecule has 8 heteroatoms. The number of benzene rings is 2. The average molecular weight is 357 g/mol. The summed E-state index contributed by atoms with van der Waals surface area (Å²) in [7, 11) is 1.44. The Morgan fingerprint density at radius 1 is 1.27 bits per heavy atom. The zero-order chi connectivity index (χ0) is 19.1. The van der Waals surface area contributed by atoms with Gasteiger partial charge in [0, 0.05) is 17.7 Å². The number of amides is 1. The minimum absolute atomic E-state index is 0.100. The summed E-state index contributed by atoms with van der Waals surface area (Å²) >= 11 is 0. The first-order valence-electron chi connectivity index (χ1n) is 7.75. The number of ether oxygens (including phenoxy) is 2. The fraction of sp³-hybridized carbons (Fsp3) is 0.222. The average Bonchev–Trinajstić information content (AvgIpc) is 2.61. The molecular weight excluding hydrogens is 338 g/mol. The van der Waals surface area contributed by atoms with Gasteiger partial charge in [-0.1, -0.05) is 18.2 Å². The van der Waals surface area contributed by atoms with E-state index in [1.54, 1.807) is 0 Å². The molecule has 0 aromatic heterocycles. The normalized spacial score (nSPS) is 10.6. The number of carbonyl (C=O) groups is 1. The van der Waals surface area contributed by atoms with Crippen molar-refractivity contribution in [2.45, 2.75) is 13.8 Å². The highest BCUT2D eigenvalue weighted by atomic mass is 16.6. The third-order valence-corrected chi connectivity index (χ3v) is 3.57. The Balaban J connectivity index is 1.99. The lowest BCUT2D eigenvalue weighted by Gasteiger charge is -2.10. The summed E-state index contributed by atoms with van der Waals surface area (Å²) in [5.74, 6) is 0.612. The van der Waals surface area contributed by atoms with E-state index in [0.29, 0.717) is 17.1 Å². The largest absolute Gasteiger partial charge is 0.496 e. The first-order chi connectivity index (χ1) is 12.4. The molecule has 136 valence electrons. The summed E-state index contributed by atoms with van der Waals surface area (Å²) in [6.45, 7) is 3.59. The lowest BCUT2D eigenvalue weighted by atomic mass is 10.1. The first kappa shape index (κ1) is 18.9. The van der Waals surface area contributed by atoms with E-state index < -0.39 is 10.8 Å². The summed E-state index contributed by atoms with van der Waals surface area (Å²) in [6, 6.07) is 9.80. The summed E-state index contributed by atoms with van der Waals surface area (Å²) in [5, 5.41) is 14.6. The molecule has 0 aliphatic rings. The maximum atomic E-state index is 11.9. The minimum atomic E-state index is -0.520. The van der Waals surface area contributed by atoms with Crippen molar-refractivity contribution in [3.63, 3.8) is 0 Å². The van der Waals surface area contributed by atoms with E-state index in [1.165, 1.54) is 31.5 Å². The molecule has 0 saturated carbocycles. The quantitative estimate of drug-likeness (QED) is 0.466. The molecule has 0 spiro atoms. The van der Waals surface area contributed by atoms with Crippen molar-refractivity contribution in [3.8, 4) is 11.5 Å². The number of hydrazone groups is 1. The Hall–Kier alpha value is -3.42. The van der Waals surface area contributed by atoms with Crippen LogP contribution in [0.1, 0.15) is 16.7 Å². The second-order valence-electron chi connectivity index (χ2n) is 5.49. The standard InChI is InChI=1S/C18H19N3O5/c1-12-5-4-6-13(2)18(12)26-11-17(22)20-19-10-14-9-15(21(23)24)7-8-16(14)25-3/h4-10H,11H2,1-3H3,(H,20,22)/b19-10-. The molecule has 0 aliphatic heterocycles. The molecule has 1 amide bonds. The van der Waals surface area contributed by atoms with Crippen molar-refractivity contribution < 1.29 is 19.2 Å². The van der Waals surface area contributed by atoms with Crippen LogP contribution in [0, 0.1) is 24.0 Å². The number of hydrogen-bond donors (Lipinski definition) is 1. The number of nitro groups is 1. The zero-order valence-electron chi connectivity index (χ0n) is 14.7. The van der Waals surface area contributed by atoms with Crippen LogP contribution in [0.15, 0.2) is 41.5 Å². The molecule has 0 bridgehead atoms. The van der Waals surface area contributed by atoms with Crippen LogP contribution in [0.2, 0.25) is 0 Å². The van der Waals surface area contributed by atoms with Gasteiger partial charge in [-0.05, 0) is 31.0 Å². The molecule has 2 aromatic rings. The smallest absolute Gasteiger partial charge is 0.277 e. The van der Waals surface area contributed by atoms with Gasteiger partial charge in [0.15, 0.2) is 6.61 Å². The fourth-order valence-corrected chi connectivity index (χ4v) is 2.31. The van der Waals surface area contributed by atoms with Gasteiger partial charge in [0.2, 0.25) is 0 Å². The van der Waals surface area contributed by atoms with Crippen molar-refractivity contribution in [2.24, 2.45) is 5.10 Å². The zero-order valence-corrected chi connectivity index (χ0v) is 14.7. The first-order valence-corrected chi connectivity index (χ1v) is 7.75. The van der Waals surface area contributed by atoms with E-state index in [9.17, 15) is 14.9 Å². The highest BCUT2D eigenvalue weighted by molar-refractivity contribution is 5.86. The van der Waals surface area contributed by atoms with Crippen LogP contribution in [-0.2, 0) is 4.79 Å². The third-order valence-electron chi connectivity index (χ3n) is 3.57. The summed E-state index contributed by atoms with van der Waals surface area (Å²) < 4.78 is 10.6. The Kier molecular flexibility index (Phi) is 6.26. The van der Waals surface area contributed by atoms with Crippen molar-refractivity contribution in [1.82, 2.24) is 5.43 Å². The Labute approximate surface area is 150 Å². The predicted molar refractivity (Wildman–Crippen MR) is 96.8 cm³/mol. The maximum Gasteiger partial charge on any atom is 0.277 e. The van der Waals surface area contributed by atoms with Crippen LogP contribution in [0.25, 0.3) is 0 Å². The van der Waals surface area contributed by atoms with Crippen LogP contribution in [0.3, 0.4) is 0 Å².